The molecular weight excluding hydrogens is 306 g/mol. The maximum absolute atomic E-state index is 12.3. The molecule has 0 unspecified atom stereocenters. The zero-order chi connectivity index (χ0) is 17.2. The highest BCUT2D eigenvalue weighted by Crippen LogP contribution is 2.30. The van der Waals surface area contributed by atoms with Crippen LogP contribution in [0.5, 0.6) is 0 Å². The lowest BCUT2D eigenvalue weighted by Crippen LogP contribution is -2.34. The molecule has 5 heteroatoms. The van der Waals surface area contributed by atoms with Crippen molar-refractivity contribution >= 4 is 11.9 Å². The van der Waals surface area contributed by atoms with Crippen molar-refractivity contribution in [2.45, 2.75) is 26.2 Å². The van der Waals surface area contributed by atoms with E-state index in [-0.39, 0.29) is 12.5 Å². The number of likely N-dealkylation sites (tertiary alicyclic amines) is 1. The van der Waals surface area contributed by atoms with Gasteiger partial charge in [0.25, 0.3) is 0 Å². The highest BCUT2D eigenvalue weighted by Gasteiger charge is 2.41. The normalized spacial score (nSPS) is 20.3. The van der Waals surface area contributed by atoms with Crippen LogP contribution < -0.4 is 0 Å². The van der Waals surface area contributed by atoms with Crippen LogP contribution >= 0.6 is 0 Å². The first kappa shape index (κ1) is 16.3. The van der Waals surface area contributed by atoms with Crippen LogP contribution in [0, 0.1) is 5.41 Å². The topological polar surface area (TPSA) is 70.8 Å². The van der Waals surface area contributed by atoms with E-state index in [9.17, 15) is 14.7 Å². The maximum Gasteiger partial charge on any atom is 0.311 e. The van der Waals surface area contributed by atoms with Gasteiger partial charge in [-0.2, -0.15) is 0 Å². The highest BCUT2D eigenvalue weighted by molar-refractivity contribution is 5.80. The third kappa shape index (κ3) is 3.35. The largest absolute Gasteiger partial charge is 0.481 e. The number of benzene rings is 1. The number of rotatable bonds is 5. The third-order valence-corrected chi connectivity index (χ3v) is 4.65. The van der Waals surface area contributed by atoms with Crippen LogP contribution in [0.4, 0.5) is 0 Å². The van der Waals surface area contributed by atoms with Gasteiger partial charge in [-0.1, -0.05) is 30.3 Å². The van der Waals surface area contributed by atoms with Gasteiger partial charge in [-0.3, -0.25) is 9.59 Å². The molecule has 0 radical (unpaired) electrons. The summed E-state index contributed by atoms with van der Waals surface area (Å²) in [4.78, 5) is 25.2. The maximum atomic E-state index is 12.3. The Morgan fingerprint density at radius 1 is 1.21 bits per heavy atom. The number of hydrogen-bond acceptors (Lipinski definition) is 3. The average Bonchev–Trinajstić information content (AvgIpc) is 3.21. The molecule has 1 aliphatic rings. The second kappa shape index (κ2) is 6.51. The Labute approximate surface area is 140 Å². The van der Waals surface area contributed by atoms with Crippen LogP contribution in [0.2, 0.25) is 0 Å². The van der Waals surface area contributed by atoms with Crippen LogP contribution in [0.25, 0.3) is 11.3 Å². The van der Waals surface area contributed by atoms with E-state index in [1.165, 1.54) is 0 Å². The SMILES string of the molecule is C[C@@]1(C(=O)O)CCN(C(=O)CCc2ccc(-c3ccccc3)o2)C1. The fourth-order valence-electron chi connectivity index (χ4n) is 3.01. The molecule has 1 fully saturated rings. The van der Waals surface area contributed by atoms with E-state index in [4.69, 9.17) is 4.42 Å². The molecule has 1 saturated heterocycles. The summed E-state index contributed by atoms with van der Waals surface area (Å²) in [5.74, 6) is 0.703. The third-order valence-electron chi connectivity index (χ3n) is 4.65. The van der Waals surface area contributed by atoms with Crippen molar-refractivity contribution < 1.29 is 19.1 Å². The molecule has 3 rings (SSSR count). The molecule has 1 atom stereocenters. The van der Waals surface area contributed by atoms with Crippen LogP contribution in [0.3, 0.4) is 0 Å². The van der Waals surface area contributed by atoms with E-state index >= 15 is 0 Å². The number of furan rings is 1. The van der Waals surface area contributed by atoms with Gasteiger partial charge < -0.3 is 14.4 Å². The summed E-state index contributed by atoms with van der Waals surface area (Å²) >= 11 is 0. The summed E-state index contributed by atoms with van der Waals surface area (Å²) < 4.78 is 5.80. The molecular formula is C19H21NO4. The van der Waals surface area contributed by atoms with Gasteiger partial charge in [-0.25, -0.2) is 0 Å². The summed E-state index contributed by atoms with van der Waals surface area (Å²) in [7, 11) is 0. The minimum atomic E-state index is -0.837. The molecule has 1 N–H and O–H groups in total. The van der Waals surface area contributed by atoms with Crippen molar-refractivity contribution in [2.75, 3.05) is 13.1 Å². The highest BCUT2D eigenvalue weighted by atomic mass is 16.4. The molecule has 0 aliphatic carbocycles. The second-order valence-electron chi connectivity index (χ2n) is 6.56. The van der Waals surface area contributed by atoms with Crippen LogP contribution in [0.1, 0.15) is 25.5 Å². The lowest BCUT2D eigenvalue weighted by Gasteiger charge is -2.20. The van der Waals surface area contributed by atoms with Crippen molar-refractivity contribution in [2.24, 2.45) is 5.41 Å². The molecule has 1 amide bonds. The van der Waals surface area contributed by atoms with Gasteiger partial charge in [-0.15, -0.1) is 0 Å². The predicted octanol–water partition coefficient (Wildman–Crippen LogP) is 3.20. The van der Waals surface area contributed by atoms with Gasteiger partial charge in [-0.05, 0) is 25.5 Å². The molecule has 1 aliphatic heterocycles. The van der Waals surface area contributed by atoms with Gasteiger partial charge in [0.05, 0.1) is 5.41 Å². The van der Waals surface area contributed by atoms with E-state index in [0.717, 1.165) is 17.1 Å². The van der Waals surface area contributed by atoms with E-state index in [2.05, 4.69) is 0 Å². The molecule has 5 nitrogen and oxygen atoms in total. The van der Waals surface area contributed by atoms with Crippen molar-refractivity contribution in [1.29, 1.82) is 0 Å². The second-order valence-corrected chi connectivity index (χ2v) is 6.56. The van der Waals surface area contributed by atoms with Crippen molar-refractivity contribution in [1.82, 2.24) is 4.90 Å². The van der Waals surface area contributed by atoms with Gasteiger partial charge >= 0.3 is 5.97 Å². The minimum Gasteiger partial charge on any atom is -0.481 e. The molecule has 1 aromatic carbocycles. The quantitative estimate of drug-likeness (QED) is 0.915. The predicted molar refractivity (Wildman–Crippen MR) is 89.4 cm³/mol. The summed E-state index contributed by atoms with van der Waals surface area (Å²) in [5, 5.41) is 9.24. The Bertz CT molecular complexity index is 737. The van der Waals surface area contributed by atoms with Crippen LogP contribution in [-0.2, 0) is 16.0 Å². The van der Waals surface area contributed by atoms with E-state index in [0.29, 0.717) is 25.8 Å². The molecule has 1 aromatic heterocycles. The standard InChI is InChI=1S/C19H21NO4/c1-19(18(22)23)11-12-20(13-19)17(21)10-8-15-7-9-16(24-15)14-5-3-2-4-6-14/h2-7,9H,8,10-13H2,1H3,(H,22,23)/t19-/m1/s1. The Hall–Kier alpha value is -2.56. The number of aryl methyl sites for hydroxylation is 1. The molecule has 2 heterocycles. The number of carbonyl (C=O) groups is 2. The zero-order valence-corrected chi connectivity index (χ0v) is 13.7. The molecule has 2 aromatic rings. The lowest BCUT2D eigenvalue weighted by atomic mass is 9.90. The monoisotopic (exact) mass is 327 g/mol. The van der Waals surface area contributed by atoms with Crippen molar-refractivity contribution in [3.8, 4) is 11.3 Å². The zero-order valence-electron chi connectivity index (χ0n) is 13.7. The number of aliphatic carboxylic acids is 1. The van der Waals surface area contributed by atoms with Gasteiger partial charge in [0, 0.05) is 31.5 Å². The summed E-state index contributed by atoms with van der Waals surface area (Å²) in [5.41, 5.74) is 0.188. The summed E-state index contributed by atoms with van der Waals surface area (Å²) in [6, 6.07) is 13.6. The molecule has 24 heavy (non-hydrogen) atoms. The van der Waals surface area contributed by atoms with E-state index in [1.54, 1.807) is 11.8 Å². The van der Waals surface area contributed by atoms with Gasteiger partial charge in [0.2, 0.25) is 5.91 Å². The molecule has 0 bridgehead atoms. The summed E-state index contributed by atoms with van der Waals surface area (Å²) in [6.45, 7) is 2.49. The fraction of sp³-hybridized carbons (Fsp3) is 0.368. The molecule has 126 valence electrons. The first-order chi connectivity index (χ1) is 11.5. The van der Waals surface area contributed by atoms with Gasteiger partial charge in [0.1, 0.15) is 11.5 Å². The number of carbonyl (C=O) groups excluding carboxylic acids is 1. The van der Waals surface area contributed by atoms with Gasteiger partial charge in [0.15, 0.2) is 0 Å². The average molecular weight is 327 g/mol. The number of carboxylic acid groups (broad SMARTS) is 1. The molecule has 0 spiro atoms. The summed E-state index contributed by atoms with van der Waals surface area (Å²) in [6.07, 6.45) is 1.36. The Morgan fingerprint density at radius 3 is 2.62 bits per heavy atom. The van der Waals surface area contributed by atoms with Crippen LogP contribution in [0.15, 0.2) is 46.9 Å². The first-order valence-corrected chi connectivity index (χ1v) is 8.13. The number of hydrogen-bond donors (Lipinski definition) is 1. The lowest BCUT2D eigenvalue weighted by molar-refractivity contribution is -0.147. The Kier molecular flexibility index (Phi) is 4.42. The molecule has 0 saturated carbocycles. The minimum absolute atomic E-state index is 0.0161. The van der Waals surface area contributed by atoms with Crippen molar-refractivity contribution in [3.05, 3.63) is 48.2 Å². The number of nitrogens with zero attached hydrogens (tertiary/aromatic N) is 1. The Balaban J connectivity index is 1.56. The number of carboxylic acids is 1. The van der Waals surface area contributed by atoms with Crippen LogP contribution in [-0.4, -0.2) is 35.0 Å². The fourth-order valence-corrected chi connectivity index (χ4v) is 3.01. The van der Waals surface area contributed by atoms with Crippen molar-refractivity contribution in [3.63, 3.8) is 0 Å². The number of amides is 1. The first-order valence-electron chi connectivity index (χ1n) is 8.13. The Morgan fingerprint density at radius 2 is 1.96 bits per heavy atom. The smallest absolute Gasteiger partial charge is 0.311 e. The van der Waals surface area contributed by atoms with E-state index in [1.807, 2.05) is 42.5 Å². The van der Waals surface area contributed by atoms with E-state index < -0.39 is 11.4 Å².